The second-order valence-electron chi connectivity index (χ2n) is 8.15. The molecule has 2 aromatic carbocycles. The van der Waals surface area contributed by atoms with Crippen LogP contribution in [0, 0.1) is 0 Å². The minimum atomic E-state index is 0.0644. The summed E-state index contributed by atoms with van der Waals surface area (Å²) >= 11 is 0. The first-order valence-electron chi connectivity index (χ1n) is 10.8. The molecule has 4 rings (SSSR count). The molecule has 0 aromatic heterocycles. The topological polar surface area (TPSA) is 46.5 Å². The van der Waals surface area contributed by atoms with Crippen molar-refractivity contribution >= 4 is 11.6 Å². The fourth-order valence-corrected chi connectivity index (χ4v) is 4.70. The van der Waals surface area contributed by atoms with Crippen molar-refractivity contribution in [2.24, 2.45) is 0 Å². The molecule has 1 amide bonds. The molecule has 0 aliphatic carbocycles. The van der Waals surface area contributed by atoms with E-state index in [1.54, 1.807) is 37.3 Å². The number of carbonyl (C=O) groups excluding carboxylic acids is 1. The third-order valence-corrected chi connectivity index (χ3v) is 6.48. The number of para-hydroxylation sites is 1. The molecule has 0 bridgehead atoms. The fourth-order valence-electron chi connectivity index (χ4n) is 4.70. The van der Waals surface area contributed by atoms with Gasteiger partial charge in [0.1, 0.15) is 11.5 Å². The van der Waals surface area contributed by atoms with Crippen LogP contribution in [0.2, 0.25) is 0 Å². The van der Waals surface area contributed by atoms with E-state index in [4.69, 9.17) is 9.47 Å². The molecule has 2 heterocycles. The Bertz CT molecular complexity index is 820. The number of nitrogens with zero attached hydrogens (tertiary/aromatic N) is 2. The van der Waals surface area contributed by atoms with Crippen molar-refractivity contribution in [1.29, 1.82) is 0 Å². The number of anilines is 1. The van der Waals surface area contributed by atoms with E-state index in [2.05, 4.69) is 35.2 Å². The summed E-state index contributed by atoms with van der Waals surface area (Å²) < 4.78 is 10.6. The molecule has 160 valence electrons. The molecule has 6 nitrogen and oxygen atoms in total. The predicted octanol–water partition coefficient (Wildman–Crippen LogP) is 1.71. The Hall–Kier alpha value is -2.73. The number of piperazine rings is 1. The SMILES string of the molecule is COc1cc(OC)cc(C(=O)N2CCC([NH+]3CCN(c4ccccc4)CC3)CC2)c1. The summed E-state index contributed by atoms with van der Waals surface area (Å²) in [6.07, 6.45) is 2.13. The highest BCUT2D eigenvalue weighted by molar-refractivity contribution is 5.95. The van der Waals surface area contributed by atoms with Crippen LogP contribution in [-0.4, -0.2) is 70.3 Å². The summed E-state index contributed by atoms with van der Waals surface area (Å²) in [5.74, 6) is 1.36. The molecular formula is C24H32N3O3+. The number of rotatable bonds is 5. The molecule has 2 saturated heterocycles. The summed E-state index contributed by atoms with van der Waals surface area (Å²) in [7, 11) is 3.21. The van der Waals surface area contributed by atoms with Gasteiger partial charge in [-0.05, 0) is 24.3 Å². The van der Waals surface area contributed by atoms with Gasteiger partial charge in [-0.15, -0.1) is 0 Å². The van der Waals surface area contributed by atoms with E-state index in [0.29, 0.717) is 23.1 Å². The first-order valence-corrected chi connectivity index (χ1v) is 10.8. The van der Waals surface area contributed by atoms with Gasteiger partial charge in [0.25, 0.3) is 5.91 Å². The number of methoxy groups -OCH3 is 2. The smallest absolute Gasteiger partial charge is 0.254 e. The number of hydrogen-bond acceptors (Lipinski definition) is 4. The number of carbonyl (C=O) groups is 1. The van der Waals surface area contributed by atoms with Gasteiger partial charge in [0, 0.05) is 43.2 Å². The average Bonchev–Trinajstić information content (AvgIpc) is 2.84. The minimum absolute atomic E-state index is 0.0644. The molecule has 0 atom stereocenters. The zero-order valence-electron chi connectivity index (χ0n) is 18.0. The van der Waals surface area contributed by atoms with E-state index >= 15 is 0 Å². The van der Waals surface area contributed by atoms with Crippen LogP contribution in [0.4, 0.5) is 5.69 Å². The second kappa shape index (κ2) is 9.39. The third kappa shape index (κ3) is 4.54. The summed E-state index contributed by atoms with van der Waals surface area (Å²) in [6, 6.07) is 16.7. The average molecular weight is 411 g/mol. The van der Waals surface area contributed by atoms with Crippen molar-refractivity contribution in [2.45, 2.75) is 18.9 Å². The molecule has 0 saturated carbocycles. The van der Waals surface area contributed by atoms with Crippen LogP contribution in [0.25, 0.3) is 0 Å². The Morgan fingerprint density at radius 2 is 1.50 bits per heavy atom. The lowest BCUT2D eigenvalue weighted by Crippen LogP contribution is -3.18. The van der Waals surface area contributed by atoms with Crippen molar-refractivity contribution < 1.29 is 19.2 Å². The van der Waals surface area contributed by atoms with Crippen LogP contribution in [0.15, 0.2) is 48.5 Å². The zero-order valence-corrected chi connectivity index (χ0v) is 18.0. The number of hydrogen-bond donors (Lipinski definition) is 1. The molecule has 0 unspecified atom stereocenters. The van der Waals surface area contributed by atoms with E-state index in [0.717, 1.165) is 39.0 Å². The number of piperidine rings is 1. The Balaban J connectivity index is 1.31. The monoisotopic (exact) mass is 410 g/mol. The predicted molar refractivity (Wildman–Crippen MR) is 118 cm³/mol. The van der Waals surface area contributed by atoms with Crippen molar-refractivity contribution in [3.63, 3.8) is 0 Å². The van der Waals surface area contributed by atoms with E-state index in [-0.39, 0.29) is 5.91 Å². The van der Waals surface area contributed by atoms with Crippen LogP contribution in [-0.2, 0) is 0 Å². The van der Waals surface area contributed by atoms with E-state index < -0.39 is 0 Å². The lowest BCUT2D eigenvalue weighted by atomic mass is 10.0. The maximum atomic E-state index is 13.0. The highest BCUT2D eigenvalue weighted by Crippen LogP contribution is 2.24. The zero-order chi connectivity index (χ0) is 20.9. The summed E-state index contributed by atoms with van der Waals surface area (Å²) in [6.45, 7) is 6.16. The Labute approximate surface area is 179 Å². The fraction of sp³-hybridized carbons (Fsp3) is 0.458. The highest BCUT2D eigenvalue weighted by Gasteiger charge is 2.32. The molecule has 0 radical (unpaired) electrons. The first kappa shape index (κ1) is 20.5. The van der Waals surface area contributed by atoms with Gasteiger partial charge in [-0.1, -0.05) is 18.2 Å². The molecule has 2 aromatic rings. The van der Waals surface area contributed by atoms with Crippen LogP contribution >= 0.6 is 0 Å². The molecule has 2 fully saturated rings. The van der Waals surface area contributed by atoms with Crippen LogP contribution in [0.1, 0.15) is 23.2 Å². The lowest BCUT2D eigenvalue weighted by molar-refractivity contribution is -0.927. The number of benzene rings is 2. The van der Waals surface area contributed by atoms with Crippen LogP contribution in [0.3, 0.4) is 0 Å². The first-order chi connectivity index (χ1) is 14.7. The molecular weight excluding hydrogens is 378 g/mol. The molecule has 30 heavy (non-hydrogen) atoms. The molecule has 1 N–H and O–H groups in total. The third-order valence-electron chi connectivity index (χ3n) is 6.48. The Kier molecular flexibility index (Phi) is 6.43. The standard InChI is InChI=1S/C24H31N3O3/c1-29-22-16-19(17-23(18-22)30-2)24(28)27-10-8-21(9-11-27)26-14-12-25(13-15-26)20-6-4-3-5-7-20/h3-7,16-18,21H,8-15H2,1-2H3/p+1. The molecule has 2 aliphatic rings. The van der Waals surface area contributed by atoms with Crippen LogP contribution < -0.4 is 19.3 Å². The van der Waals surface area contributed by atoms with Gasteiger partial charge >= 0.3 is 0 Å². The van der Waals surface area contributed by atoms with Crippen LogP contribution in [0.5, 0.6) is 11.5 Å². The normalized spacial score (nSPS) is 18.3. The molecule has 2 aliphatic heterocycles. The highest BCUT2D eigenvalue weighted by atomic mass is 16.5. The van der Waals surface area contributed by atoms with Gasteiger partial charge in [0.15, 0.2) is 0 Å². The number of quaternary nitrogens is 1. The van der Waals surface area contributed by atoms with Gasteiger partial charge in [0.05, 0.1) is 46.4 Å². The number of amides is 1. The number of nitrogens with one attached hydrogen (secondary N) is 1. The van der Waals surface area contributed by atoms with Crippen molar-refractivity contribution in [1.82, 2.24) is 4.90 Å². The van der Waals surface area contributed by atoms with Gasteiger partial charge in [-0.25, -0.2) is 0 Å². The van der Waals surface area contributed by atoms with E-state index in [1.165, 1.54) is 18.8 Å². The maximum Gasteiger partial charge on any atom is 0.254 e. The van der Waals surface area contributed by atoms with Crippen molar-refractivity contribution in [3.05, 3.63) is 54.1 Å². The van der Waals surface area contributed by atoms with Crippen molar-refractivity contribution in [2.75, 3.05) is 58.4 Å². The van der Waals surface area contributed by atoms with Gasteiger partial charge in [-0.3, -0.25) is 4.79 Å². The number of likely N-dealkylation sites (tertiary alicyclic amines) is 1. The van der Waals surface area contributed by atoms with E-state index in [1.807, 2.05) is 4.90 Å². The Morgan fingerprint density at radius 3 is 2.07 bits per heavy atom. The summed E-state index contributed by atoms with van der Waals surface area (Å²) in [5, 5.41) is 0. The van der Waals surface area contributed by atoms with Crippen molar-refractivity contribution in [3.8, 4) is 11.5 Å². The summed E-state index contributed by atoms with van der Waals surface area (Å²) in [4.78, 5) is 19.2. The Morgan fingerprint density at radius 1 is 0.900 bits per heavy atom. The summed E-state index contributed by atoms with van der Waals surface area (Å²) in [5.41, 5.74) is 1.96. The quantitative estimate of drug-likeness (QED) is 0.815. The largest absolute Gasteiger partial charge is 0.497 e. The van der Waals surface area contributed by atoms with Gasteiger partial charge in [-0.2, -0.15) is 0 Å². The second-order valence-corrected chi connectivity index (χ2v) is 8.15. The van der Waals surface area contributed by atoms with Gasteiger partial charge < -0.3 is 24.2 Å². The molecule has 6 heteroatoms. The maximum absolute atomic E-state index is 13.0. The van der Waals surface area contributed by atoms with E-state index in [9.17, 15) is 4.79 Å². The number of ether oxygens (including phenoxy) is 2. The lowest BCUT2D eigenvalue weighted by Gasteiger charge is -2.41. The minimum Gasteiger partial charge on any atom is -0.497 e. The molecule has 0 spiro atoms. The van der Waals surface area contributed by atoms with Gasteiger partial charge in [0.2, 0.25) is 0 Å².